The van der Waals surface area contributed by atoms with Gasteiger partial charge in [-0.2, -0.15) is 0 Å². The van der Waals surface area contributed by atoms with Crippen molar-refractivity contribution < 1.29 is 10.8 Å². The third-order valence-electron chi connectivity index (χ3n) is 4.64. The first kappa shape index (κ1) is 12.6. The van der Waals surface area contributed by atoms with Crippen molar-refractivity contribution in [2.24, 2.45) is 5.89 Å². The van der Waals surface area contributed by atoms with E-state index in [4.69, 9.17) is 10.8 Å². The number of morpholine rings is 2. The van der Waals surface area contributed by atoms with E-state index >= 15 is 0 Å². The molecule has 4 heteroatoms. The molecular formula is C15H28N2O2. The van der Waals surface area contributed by atoms with Gasteiger partial charge in [-0.25, -0.2) is 0 Å². The summed E-state index contributed by atoms with van der Waals surface area (Å²) in [7, 11) is 0. The van der Waals surface area contributed by atoms with Crippen molar-refractivity contribution in [3.8, 4) is 0 Å². The minimum Gasteiger partial charge on any atom is -0.379 e. The molecule has 0 unspecified atom stereocenters. The molecule has 4 nitrogen and oxygen atoms in total. The minimum absolute atomic E-state index is 0.260. The molecule has 0 amide bonds. The summed E-state index contributed by atoms with van der Waals surface area (Å²) in [6, 6.07) is 0. The van der Waals surface area contributed by atoms with Gasteiger partial charge in [0.1, 0.15) is 0 Å². The second-order valence-electron chi connectivity index (χ2n) is 5.89. The molecule has 3 rings (SSSR count). The zero-order valence-electron chi connectivity index (χ0n) is 13.0. The first-order chi connectivity index (χ1) is 9.80. The van der Waals surface area contributed by atoms with Crippen LogP contribution in [0.15, 0.2) is 0 Å². The van der Waals surface area contributed by atoms with Crippen LogP contribution in [-0.2, 0) is 9.47 Å². The molecule has 3 fully saturated rings. The summed E-state index contributed by atoms with van der Waals surface area (Å²) in [6.07, 6.45) is 6.09. The maximum absolute atomic E-state index is 9.09. The van der Waals surface area contributed by atoms with E-state index in [0.29, 0.717) is 0 Å². The number of nitrogens with zero attached hydrogens (tertiary/aromatic N) is 2. The van der Waals surface area contributed by atoms with Gasteiger partial charge >= 0.3 is 0 Å². The number of ether oxygens (including phenoxy) is 2. The first-order valence-corrected chi connectivity index (χ1v) is 7.93. The summed E-state index contributed by atoms with van der Waals surface area (Å²) >= 11 is 0. The largest absolute Gasteiger partial charge is 0.379 e. The highest BCUT2D eigenvalue weighted by Gasteiger charge is 2.34. The van der Waals surface area contributed by atoms with Gasteiger partial charge in [-0.1, -0.05) is 19.3 Å². The lowest BCUT2D eigenvalue weighted by molar-refractivity contribution is -0.0913. The molecule has 0 atom stereocenters. The molecule has 1 aliphatic carbocycles. The average Bonchev–Trinajstić information content (AvgIpc) is 2.50. The van der Waals surface area contributed by atoms with Crippen molar-refractivity contribution in [3.05, 3.63) is 0 Å². The number of hydrogen-bond donors (Lipinski definition) is 0. The van der Waals surface area contributed by atoms with Gasteiger partial charge in [0.25, 0.3) is 0 Å². The molecule has 0 spiro atoms. The molecule has 0 bridgehead atoms. The Balaban J connectivity index is 1.77. The molecule has 3 aliphatic rings. The van der Waals surface area contributed by atoms with Crippen LogP contribution in [0.3, 0.4) is 0 Å². The van der Waals surface area contributed by atoms with Crippen LogP contribution in [0.1, 0.15) is 33.5 Å². The number of rotatable bonds is 3. The van der Waals surface area contributed by atoms with E-state index in [0.717, 1.165) is 65.4 Å². The van der Waals surface area contributed by atoms with Gasteiger partial charge in [-0.15, -0.1) is 0 Å². The molecule has 0 aromatic heterocycles. The quantitative estimate of drug-likeness (QED) is 0.776. The molecule has 1 saturated carbocycles. The summed E-state index contributed by atoms with van der Waals surface area (Å²) in [5, 5.41) is 0. The van der Waals surface area contributed by atoms with E-state index in [1.165, 1.54) is 19.3 Å². The predicted octanol–water partition coefficient (Wildman–Crippen LogP) is 1.56. The van der Waals surface area contributed by atoms with Crippen LogP contribution in [0.5, 0.6) is 0 Å². The standard InChI is InChI=1S/C15H28N2O2/c1-2-4-14(5-3-1)15(16-6-10-18-11-7-16)17-8-12-19-13-9-17/h14-15H,1-13H2/i14D. The molecule has 0 aromatic rings. The number of hydrogen-bond acceptors (Lipinski definition) is 4. The molecule has 2 heterocycles. The summed E-state index contributed by atoms with van der Waals surface area (Å²) in [4.78, 5) is 5.01. The third-order valence-corrected chi connectivity index (χ3v) is 4.64. The van der Waals surface area contributed by atoms with Gasteiger partial charge in [0.2, 0.25) is 0 Å². The van der Waals surface area contributed by atoms with Gasteiger partial charge in [-0.05, 0) is 18.7 Å². The fourth-order valence-electron chi connectivity index (χ4n) is 3.66. The molecule has 110 valence electrons. The van der Waals surface area contributed by atoms with Gasteiger partial charge in [0, 0.05) is 27.5 Å². The van der Waals surface area contributed by atoms with Crippen LogP contribution in [0.2, 0.25) is 0 Å². The van der Waals surface area contributed by atoms with E-state index in [1.54, 1.807) is 0 Å². The van der Waals surface area contributed by atoms with Crippen LogP contribution in [-0.4, -0.2) is 68.6 Å². The smallest absolute Gasteiger partial charge is 0.0654 e. The van der Waals surface area contributed by atoms with Crippen LogP contribution in [0.4, 0.5) is 0 Å². The summed E-state index contributed by atoms with van der Waals surface area (Å²) in [5.74, 6) is -0.299. The molecule has 0 aromatic carbocycles. The molecular weight excluding hydrogens is 240 g/mol. The van der Waals surface area contributed by atoms with Crippen molar-refractivity contribution in [2.45, 2.75) is 38.3 Å². The highest BCUT2D eigenvalue weighted by atomic mass is 16.5. The van der Waals surface area contributed by atoms with Gasteiger partial charge in [-0.3, -0.25) is 9.80 Å². The van der Waals surface area contributed by atoms with Crippen molar-refractivity contribution in [1.82, 2.24) is 9.80 Å². The lowest BCUT2D eigenvalue weighted by Crippen LogP contribution is -2.58. The maximum Gasteiger partial charge on any atom is 0.0654 e. The second-order valence-corrected chi connectivity index (χ2v) is 5.89. The topological polar surface area (TPSA) is 24.9 Å². The minimum atomic E-state index is -0.299. The average molecular weight is 269 g/mol. The fourth-order valence-corrected chi connectivity index (χ4v) is 3.66. The summed E-state index contributed by atoms with van der Waals surface area (Å²) in [5.41, 5.74) is 0. The van der Waals surface area contributed by atoms with Crippen LogP contribution in [0.25, 0.3) is 0 Å². The molecule has 19 heavy (non-hydrogen) atoms. The first-order valence-electron chi connectivity index (χ1n) is 8.43. The van der Waals surface area contributed by atoms with E-state index in [9.17, 15) is 0 Å². The van der Waals surface area contributed by atoms with Gasteiger partial charge < -0.3 is 9.47 Å². The predicted molar refractivity (Wildman–Crippen MR) is 75.1 cm³/mol. The van der Waals surface area contributed by atoms with E-state index in [2.05, 4.69) is 9.80 Å². The normalized spacial score (nSPS) is 31.3. The molecule has 0 N–H and O–H groups in total. The van der Waals surface area contributed by atoms with E-state index in [1.807, 2.05) is 0 Å². The SMILES string of the molecule is [2H]C1(C(N2CCOCC2)N2CCOCC2)CCCCC1. The van der Waals surface area contributed by atoms with Gasteiger partial charge in [0.15, 0.2) is 0 Å². The maximum atomic E-state index is 9.09. The lowest BCUT2D eigenvalue weighted by Gasteiger charge is -2.47. The Bertz CT molecular complexity index is 280. The third kappa shape index (κ3) is 3.48. The van der Waals surface area contributed by atoms with Crippen molar-refractivity contribution >= 4 is 0 Å². The van der Waals surface area contributed by atoms with Crippen molar-refractivity contribution in [3.63, 3.8) is 0 Å². The van der Waals surface area contributed by atoms with Gasteiger partial charge in [0.05, 0.1) is 32.6 Å². The molecule has 0 radical (unpaired) electrons. The van der Waals surface area contributed by atoms with Crippen LogP contribution in [0, 0.1) is 5.89 Å². The van der Waals surface area contributed by atoms with Crippen LogP contribution >= 0.6 is 0 Å². The monoisotopic (exact) mass is 269 g/mol. The molecule has 2 saturated heterocycles. The zero-order chi connectivity index (χ0) is 13.8. The Hall–Kier alpha value is -0.160. The Morgan fingerprint density at radius 1 is 0.789 bits per heavy atom. The Kier molecular flexibility index (Phi) is 4.65. The Morgan fingerprint density at radius 3 is 1.74 bits per heavy atom. The lowest BCUT2D eigenvalue weighted by atomic mass is 9.85. The summed E-state index contributed by atoms with van der Waals surface area (Å²) in [6.45, 7) is 7.16. The zero-order valence-corrected chi connectivity index (χ0v) is 12.0. The van der Waals surface area contributed by atoms with E-state index in [-0.39, 0.29) is 12.1 Å². The van der Waals surface area contributed by atoms with E-state index < -0.39 is 0 Å². The second kappa shape index (κ2) is 7.02. The highest BCUT2D eigenvalue weighted by Crippen LogP contribution is 2.31. The fraction of sp³-hybridized carbons (Fsp3) is 1.00. The summed E-state index contributed by atoms with van der Waals surface area (Å²) < 4.78 is 20.1. The molecule has 2 aliphatic heterocycles. The Labute approximate surface area is 118 Å². The highest BCUT2D eigenvalue weighted by molar-refractivity contribution is 4.84. The van der Waals surface area contributed by atoms with Crippen molar-refractivity contribution in [1.29, 1.82) is 0 Å². The Morgan fingerprint density at radius 2 is 1.26 bits per heavy atom. The van der Waals surface area contributed by atoms with Crippen molar-refractivity contribution in [2.75, 3.05) is 52.6 Å². The van der Waals surface area contributed by atoms with Crippen LogP contribution < -0.4 is 0 Å².